The van der Waals surface area contributed by atoms with E-state index in [9.17, 15) is 8.78 Å². The zero-order valence-electron chi connectivity index (χ0n) is 11.5. The van der Waals surface area contributed by atoms with Crippen molar-refractivity contribution in [2.45, 2.75) is 19.5 Å². The molecule has 1 unspecified atom stereocenters. The maximum atomic E-state index is 13.7. The molecular weight excluding hydrogens is 260 g/mol. The predicted molar refractivity (Wildman–Crippen MR) is 74.6 cm³/mol. The molecule has 0 aliphatic heterocycles. The predicted octanol–water partition coefficient (Wildman–Crippen LogP) is 3.82. The van der Waals surface area contributed by atoms with Crippen molar-refractivity contribution in [1.82, 2.24) is 5.32 Å². The van der Waals surface area contributed by atoms with Crippen LogP contribution >= 0.6 is 0 Å². The molecule has 0 radical (unpaired) electrons. The molecule has 106 valence electrons. The molecule has 0 aliphatic rings. The van der Waals surface area contributed by atoms with Crippen molar-refractivity contribution in [3.8, 4) is 5.75 Å². The fourth-order valence-electron chi connectivity index (χ4n) is 2.02. The maximum Gasteiger partial charge on any atom is 0.163 e. The highest BCUT2D eigenvalue weighted by molar-refractivity contribution is 5.28. The summed E-state index contributed by atoms with van der Waals surface area (Å²) in [5, 5.41) is 3.17. The first kappa shape index (κ1) is 14.5. The number of hydrogen-bond acceptors (Lipinski definition) is 2. The van der Waals surface area contributed by atoms with E-state index >= 15 is 0 Å². The van der Waals surface area contributed by atoms with E-state index in [0.29, 0.717) is 12.1 Å². The van der Waals surface area contributed by atoms with Gasteiger partial charge in [0.05, 0.1) is 7.11 Å². The van der Waals surface area contributed by atoms with Gasteiger partial charge in [0.1, 0.15) is 5.75 Å². The van der Waals surface area contributed by atoms with Crippen molar-refractivity contribution in [3.63, 3.8) is 0 Å². The summed E-state index contributed by atoms with van der Waals surface area (Å²) >= 11 is 0. The summed E-state index contributed by atoms with van der Waals surface area (Å²) in [6.45, 7) is 2.35. The van der Waals surface area contributed by atoms with Crippen molar-refractivity contribution in [3.05, 3.63) is 65.2 Å². The summed E-state index contributed by atoms with van der Waals surface area (Å²) in [7, 11) is 1.61. The van der Waals surface area contributed by atoms with Crippen LogP contribution in [-0.4, -0.2) is 7.11 Å². The molecule has 20 heavy (non-hydrogen) atoms. The quantitative estimate of drug-likeness (QED) is 0.897. The fourth-order valence-corrected chi connectivity index (χ4v) is 2.02. The van der Waals surface area contributed by atoms with Crippen LogP contribution in [0.4, 0.5) is 8.78 Å². The second-order valence-corrected chi connectivity index (χ2v) is 4.60. The molecule has 2 aromatic rings. The molecule has 2 rings (SSSR count). The molecule has 4 heteroatoms. The van der Waals surface area contributed by atoms with Crippen molar-refractivity contribution in [2.24, 2.45) is 0 Å². The second kappa shape index (κ2) is 6.48. The Balaban J connectivity index is 2.04. The summed E-state index contributed by atoms with van der Waals surface area (Å²) in [5.41, 5.74) is 1.35. The van der Waals surface area contributed by atoms with Crippen molar-refractivity contribution in [1.29, 1.82) is 0 Å². The van der Waals surface area contributed by atoms with Crippen molar-refractivity contribution < 1.29 is 13.5 Å². The van der Waals surface area contributed by atoms with Gasteiger partial charge in [0.25, 0.3) is 0 Å². The number of methoxy groups -OCH3 is 1. The Morgan fingerprint density at radius 1 is 1.15 bits per heavy atom. The molecule has 1 N–H and O–H groups in total. The topological polar surface area (TPSA) is 21.3 Å². The van der Waals surface area contributed by atoms with E-state index in [1.54, 1.807) is 20.1 Å². The van der Waals surface area contributed by atoms with E-state index in [-0.39, 0.29) is 6.04 Å². The summed E-state index contributed by atoms with van der Waals surface area (Å²) in [4.78, 5) is 0. The van der Waals surface area contributed by atoms with Gasteiger partial charge >= 0.3 is 0 Å². The number of nitrogens with one attached hydrogen (secondary N) is 1. The lowest BCUT2D eigenvalue weighted by molar-refractivity contribution is 0.413. The smallest absolute Gasteiger partial charge is 0.163 e. The lowest BCUT2D eigenvalue weighted by Gasteiger charge is -2.15. The highest BCUT2D eigenvalue weighted by Crippen LogP contribution is 2.20. The average Bonchev–Trinajstić information content (AvgIpc) is 2.48. The molecule has 0 heterocycles. The van der Waals surface area contributed by atoms with Gasteiger partial charge in [-0.05, 0) is 30.7 Å². The van der Waals surface area contributed by atoms with Gasteiger partial charge in [0.2, 0.25) is 0 Å². The van der Waals surface area contributed by atoms with Crippen LogP contribution in [0.2, 0.25) is 0 Å². The molecular formula is C16H17F2NO. The summed E-state index contributed by atoms with van der Waals surface area (Å²) in [6.07, 6.45) is 0. The first-order valence-electron chi connectivity index (χ1n) is 6.42. The van der Waals surface area contributed by atoms with Gasteiger partial charge < -0.3 is 10.1 Å². The van der Waals surface area contributed by atoms with Crippen LogP contribution in [0.15, 0.2) is 42.5 Å². The summed E-state index contributed by atoms with van der Waals surface area (Å²) in [6, 6.07) is 11.5. The number of hydrogen-bond donors (Lipinski definition) is 1. The van der Waals surface area contributed by atoms with Gasteiger partial charge in [-0.2, -0.15) is 0 Å². The van der Waals surface area contributed by atoms with Gasteiger partial charge in [0, 0.05) is 18.2 Å². The Morgan fingerprint density at radius 3 is 2.65 bits per heavy atom. The van der Waals surface area contributed by atoms with E-state index in [2.05, 4.69) is 5.32 Å². The van der Waals surface area contributed by atoms with Gasteiger partial charge in [-0.15, -0.1) is 0 Å². The van der Waals surface area contributed by atoms with Gasteiger partial charge in [-0.3, -0.25) is 0 Å². The minimum Gasteiger partial charge on any atom is -0.497 e. The second-order valence-electron chi connectivity index (χ2n) is 4.60. The average molecular weight is 277 g/mol. The normalized spacial score (nSPS) is 12.2. The molecule has 0 fully saturated rings. The molecule has 0 saturated heterocycles. The van der Waals surface area contributed by atoms with E-state index < -0.39 is 11.6 Å². The SMILES string of the molecule is COc1cccc(CNC(C)c2cccc(F)c2F)c1. The number of rotatable bonds is 5. The Morgan fingerprint density at radius 2 is 1.90 bits per heavy atom. The third kappa shape index (κ3) is 3.33. The van der Waals surface area contributed by atoms with E-state index in [1.807, 2.05) is 24.3 Å². The van der Waals surface area contributed by atoms with Crippen LogP contribution in [0.5, 0.6) is 5.75 Å². The van der Waals surface area contributed by atoms with Crippen LogP contribution in [-0.2, 0) is 6.54 Å². The van der Waals surface area contributed by atoms with Crippen LogP contribution in [0.1, 0.15) is 24.1 Å². The molecule has 0 amide bonds. The third-order valence-electron chi connectivity index (χ3n) is 3.19. The number of benzene rings is 2. The van der Waals surface area contributed by atoms with Crippen molar-refractivity contribution >= 4 is 0 Å². The molecule has 0 saturated carbocycles. The molecule has 0 bridgehead atoms. The molecule has 1 atom stereocenters. The number of ether oxygens (including phenoxy) is 1. The molecule has 0 aromatic heterocycles. The Kier molecular flexibility index (Phi) is 4.69. The number of halogens is 2. The minimum absolute atomic E-state index is 0.281. The van der Waals surface area contributed by atoms with E-state index in [4.69, 9.17) is 4.74 Å². The lowest BCUT2D eigenvalue weighted by atomic mass is 10.1. The molecule has 0 spiro atoms. The standard InChI is InChI=1S/C16H17F2NO/c1-11(14-7-4-8-15(17)16(14)18)19-10-12-5-3-6-13(9-12)20-2/h3-9,11,19H,10H2,1-2H3. The highest BCUT2D eigenvalue weighted by Gasteiger charge is 2.13. The first-order valence-corrected chi connectivity index (χ1v) is 6.42. The van der Waals surface area contributed by atoms with Crippen LogP contribution in [0.3, 0.4) is 0 Å². The van der Waals surface area contributed by atoms with Crippen molar-refractivity contribution in [2.75, 3.05) is 7.11 Å². The third-order valence-corrected chi connectivity index (χ3v) is 3.19. The summed E-state index contributed by atoms with van der Waals surface area (Å²) in [5.74, 6) is -0.843. The molecule has 2 aromatic carbocycles. The molecule has 2 nitrogen and oxygen atoms in total. The van der Waals surface area contributed by atoms with Gasteiger partial charge in [0.15, 0.2) is 11.6 Å². The monoisotopic (exact) mass is 277 g/mol. The zero-order chi connectivity index (χ0) is 14.5. The first-order chi connectivity index (χ1) is 9.61. The maximum absolute atomic E-state index is 13.7. The van der Waals surface area contributed by atoms with E-state index in [0.717, 1.165) is 17.4 Å². The Hall–Kier alpha value is -1.94. The van der Waals surface area contributed by atoms with Crippen LogP contribution in [0, 0.1) is 11.6 Å². The zero-order valence-corrected chi connectivity index (χ0v) is 11.5. The largest absolute Gasteiger partial charge is 0.497 e. The fraction of sp³-hybridized carbons (Fsp3) is 0.250. The molecule has 0 aliphatic carbocycles. The Labute approximate surface area is 117 Å². The van der Waals surface area contributed by atoms with Gasteiger partial charge in [-0.1, -0.05) is 24.3 Å². The summed E-state index contributed by atoms with van der Waals surface area (Å²) < 4.78 is 32.0. The van der Waals surface area contributed by atoms with E-state index in [1.165, 1.54) is 6.07 Å². The Bertz CT molecular complexity index is 586. The highest BCUT2D eigenvalue weighted by atomic mass is 19.2. The van der Waals surface area contributed by atoms with Gasteiger partial charge in [-0.25, -0.2) is 8.78 Å². The lowest BCUT2D eigenvalue weighted by Crippen LogP contribution is -2.19. The van der Waals surface area contributed by atoms with Crippen LogP contribution in [0.25, 0.3) is 0 Å². The minimum atomic E-state index is -0.822. The van der Waals surface area contributed by atoms with Crippen LogP contribution < -0.4 is 10.1 Å².